The molecule has 0 saturated carbocycles. The van der Waals surface area contributed by atoms with E-state index in [4.69, 9.17) is 0 Å². The molecular formula is C12H13F3N2O2S. The molecule has 0 aliphatic carbocycles. The number of amides is 1. The van der Waals surface area contributed by atoms with Crippen molar-refractivity contribution in [2.75, 3.05) is 23.4 Å². The number of carbonyl (C=O) groups is 1. The van der Waals surface area contributed by atoms with Gasteiger partial charge in [0.25, 0.3) is 0 Å². The Labute approximate surface area is 118 Å². The molecule has 0 spiro atoms. The van der Waals surface area contributed by atoms with E-state index in [0.29, 0.717) is 5.75 Å². The smallest absolute Gasteiger partial charge is 0.387 e. The Morgan fingerprint density at radius 2 is 2.30 bits per heavy atom. The Bertz CT molecular complexity index is 482. The molecule has 20 heavy (non-hydrogen) atoms. The molecule has 2 N–H and O–H groups in total. The van der Waals surface area contributed by atoms with Crippen molar-refractivity contribution in [1.29, 1.82) is 0 Å². The molecule has 0 aromatic heterocycles. The molecule has 1 aliphatic heterocycles. The van der Waals surface area contributed by atoms with E-state index in [1.807, 2.05) is 0 Å². The largest absolute Gasteiger partial charge is 0.432 e. The number of thioether (sulfide) groups is 1. The normalized spacial score (nSPS) is 18.9. The number of rotatable bonds is 4. The van der Waals surface area contributed by atoms with Crippen LogP contribution in [0.4, 0.5) is 18.9 Å². The third-order valence-corrected chi connectivity index (χ3v) is 3.72. The molecule has 4 nitrogen and oxygen atoms in total. The Morgan fingerprint density at radius 3 is 2.90 bits per heavy atom. The van der Waals surface area contributed by atoms with Crippen LogP contribution in [0.5, 0.6) is 5.75 Å². The molecule has 1 aromatic rings. The lowest BCUT2D eigenvalue weighted by molar-refractivity contribution is -0.117. The van der Waals surface area contributed by atoms with Gasteiger partial charge in [0.15, 0.2) is 11.6 Å². The maximum absolute atomic E-state index is 13.5. The van der Waals surface area contributed by atoms with Crippen molar-refractivity contribution >= 4 is 23.4 Å². The van der Waals surface area contributed by atoms with Crippen LogP contribution in [0, 0.1) is 5.82 Å². The summed E-state index contributed by atoms with van der Waals surface area (Å²) >= 11 is 1.65. The van der Waals surface area contributed by atoms with Crippen LogP contribution in [-0.2, 0) is 4.79 Å². The topological polar surface area (TPSA) is 50.4 Å². The van der Waals surface area contributed by atoms with Crippen LogP contribution in [0.3, 0.4) is 0 Å². The molecule has 110 valence electrons. The summed E-state index contributed by atoms with van der Waals surface area (Å²) in [6.45, 7) is -2.36. The Balaban J connectivity index is 1.99. The second-order valence-corrected chi connectivity index (χ2v) is 5.24. The van der Waals surface area contributed by atoms with Crippen molar-refractivity contribution in [3.8, 4) is 5.75 Å². The van der Waals surface area contributed by atoms with Crippen molar-refractivity contribution in [2.45, 2.75) is 12.7 Å². The van der Waals surface area contributed by atoms with Crippen LogP contribution in [0.15, 0.2) is 18.2 Å². The quantitative estimate of drug-likeness (QED) is 0.894. The zero-order valence-electron chi connectivity index (χ0n) is 10.4. The van der Waals surface area contributed by atoms with Gasteiger partial charge in [0.1, 0.15) is 0 Å². The zero-order chi connectivity index (χ0) is 14.5. The lowest BCUT2D eigenvalue weighted by Gasteiger charge is -2.22. The fourth-order valence-corrected chi connectivity index (χ4v) is 2.67. The molecule has 1 amide bonds. The van der Waals surface area contributed by atoms with E-state index in [0.717, 1.165) is 24.4 Å². The first-order valence-electron chi connectivity index (χ1n) is 5.92. The number of anilines is 1. The van der Waals surface area contributed by atoms with Crippen LogP contribution >= 0.6 is 11.8 Å². The van der Waals surface area contributed by atoms with E-state index >= 15 is 0 Å². The third-order valence-electron chi connectivity index (χ3n) is 2.65. The van der Waals surface area contributed by atoms with Crippen molar-refractivity contribution in [1.82, 2.24) is 5.32 Å². The second-order valence-electron chi connectivity index (χ2n) is 4.09. The van der Waals surface area contributed by atoms with Crippen LogP contribution in [-0.4, -0.2) is 36.6 Å². The predicted octanol–water partition coefficient (Wildman–Crippen LogP) is 2.07. The number of hydrogen-bond acceptors (Lipinski definition) is 4. The van der Waals surface area contributed by atoms with Crippen molar-refractivity contribution in [3.63, 3.8) is 0 Å². The minimum atomic E-state index is -3.09. The Hall–Kier alpha value is -1.41. The van der Waals surface area contributed by atoms with Gasteiger partial charge in [0.05, 0.1) is 6.04 Å². The van der Waals surface area contributed by atoms with E-state index in [-0.39, 0.29) is 17.6 Å². The van der Waals surface area contributed by atoms with Gasteiger partial charge >= 0.3 is 6.61 Å². The van der Waals surface area contributed by atoms with Crippen LogP contribution in [0.25, 0.3) is 0 Å². The molecule has 1 aromatic carbocycles. The number of nitrogens with one attached hydrogen (secondary N) is 2. The Morgan fingerprint density at radius 1 is 1.50 bits per heavy atom. The Kier molecular flexibility index (Phi) is 5.13. The van der Waals surface area contributed by atoms with Crippen LogP contribution in [0.2, 0.25) is 0 Å². The summed E-state index contributed by atoms with van der Waals surface area (Å²) < 4.78 is 41.4. The molecule has 0 radical (unpaired) electrons. The van der Waals surface area contributed by atoms with E-state index in [2.05, 4.69) is 15.4 Å². The number of ether oxygens (including phenoxy) is 1. The van der Waals surface area contributed by atoms with Crippen molar-refractivity contribution in [2.24, 2.45) is 0 Å². The van der Waals surface area contributed by atoms with Gasteiger partial charge in [-0.25, -0.2) is 4.39 Å². The molecule has 1 saturated heterocycles. The molecule has 1 heterocycles. The number of benzene rings is 1. The summed E-state index contributed by atoms with van der Waals surface area (Å²) in [7, 11) is 0. The van der Waals surface area contributed by atoms with E-state index in [9.17, 15) is 18.0 Å². The standard InChI is InChI=1S/C12H13F3N2O2S/c13-8-5-7(1-2-10(8)19-12(14)15)17-11(18)9-6-20-4-3-16-9/h1-2,5,9,12,16H,3-4,6H2,(H,17,18). The zero-order valence-corrected chi connectivity index (χ0v) is 11.2. The lowest BCUT2D eigenvalue weighted by Crippen LogP contribution is -2.46. The van der Waals surface area contributed by atoms with E-state index in [1.54, 1.807) is 11.8 Å². The minimum Gasteiger partial charge on any atom is -0.432 e. The highest BCUT2D eigenvalue weighted by molar-refractivity contribution is 7.99. The highest BCUT2D eigenvalue weighted by Gasteiger charge is 2.21. The van der Waals surface area contributed by atoms with Gasteiger partial charge in [0, 0.05) is 29.8 Å². The number of halogens is 3. The minimum absolute atomic E-state index is 0.200. The highest BCUT2D eigenvalue weighted by atomic mass is 32.2. The maximum atomic E-state index is 13.5. The van der Waals surface area contributed by atoms with Gasteiger partial charge in [-0.2, -0.15) is 20.5 Å². The summed E-state index contributed by atoms with van der Waals surface area (Å²) in [6, 6.07) is 2.98. The van der Waals surface area contributed by atoms with Gasteiger partial charge in [-0.05, 0) is 12.1 Å². The van der Waals surface area contributed by atoms with Crippen LogP contribution < -0.4 is 15.4 Å². The highest BCUT2D eigenvalue weighted by Crippen LogP contribution is 2.23. The lowest BCUT2D eigenvalue weighted by atomic mass is 10.2. The fourth-order valence-electron chi connectivity index (χ4n) is 1.73. The van der Waals surface area contributed by atoms with Gasteiger partial charge < -0.3 is 15.4 Å². The number of hydrogen-bond donors (Lipinski definition) is 2. The first-order chi connectivity index (χ1) is 9.56. The van der Waals surface area contributed by atoms with Gasteiger partial charge in [-0.1, -0.05) is 0 Å². The SMILES string of the molecule is O=C(Nc1ccc(OC(F)F)c(F)c1)C1CSCCN1. The van der Waals surface area contributed by atoms with Gasteiger partial charge in [-0.3, -0.25) is 4.79 Å². The molecule has 8 heteroatoms. The van der Waals surface area contributed by atoms with E-state index < -0.39 is 18.2 Å². The third kappa shape index (κ3) is 4.04. The summed E-state index contributed by atoms with van der Waals surface area (Å²) in [5, 5.41) is 5.58. The maximum Gasteiger partial charge on any atom is 0.387 e. The summed E-state index contributed by atoms with van der Waals surface area (Å²) in [5.74, 6) is -0.198. The van der Waals surface area contributed by atoms with Gasteiger partial charge in [0.2, 0.25) is 5.91 Å². The molecule has 2 rings (SSSR count). The summed E-state index contributed by atoms with van der Waals surface area (Å²) in [5.41, 5.74) is 0.200. The molecule has 1 aliphatic rings. The monoisotopic (exact) mass is 306 g/mol. The predicted molar refractivity (Wildman–Crippen MR) is 70.8 cm³/mol. The first kappa shape index (κ1) is 15.0. The molecular weight excluding hydrogens is 293 g/mol. The molecule has 1 fully saturated rings. The number of alkyl halides is 2. The first-order valence-corrected chi connectivity index (χ1v) is 7.08. The fraction of sp³-hybridized carbons (Fsp3) is 0.417. The molecule has 0 bridgehead atoms. The summed E-state index contributed by atoms with van der Waals surface area (Å²) in [6.07, 6.45) is 0. The van der Waals surface area contributed by atoms with Gasteiger partial charge in [-0.15, -0.1) is 0 Å². The number of carbonyl (C=O) groups excluding carboxylic acids is 1. The van der Waals surface area contributed by atoms with Crippen molar-refractivity contribution < 1.29 is 22.7 Å². The molecule has 1 atom stereocenters. The average Bonchev–Trinajstić information content (AvgIpc) is 2.42. The summed E-state index contributed by atoms with van der Waals surface area (Å²) in [4.78, 5) is 11.9. The average molecular weight is 306 g/mol. The van der Waals surface area contributed by atoms with Crippen molar-refractivity contribution in [3.05, 3.63) is 24.0 Å². The van der Waals surface area contributed by atoms with E-state index in [1.165, 1.54) is 6.07 Å². The second kappa shape index (κ2) is 6.85. The molecule has 1 unspecified atom stereocenters. The van der Waals surface area contributed by atoms with Crippen LogP contribution in [0.1, 0.15) is 0 Å².